The van der Waals surface area contributed by atoms with Gasteiger partial charge in [0.05, 0.1) is 49.0 Å². The molecule has 52 heavy (non-hydrogen) atoms. The molecule has 4 aromatic rings. The summed E-state index contributed by atoms with van der Waals surface area (Å²) in [4.78, 5) is 0. The van der Waals surface area contributed by atoms with E-state index in [1.807, 2.05) is 0 Å². The van der Waals surface area contributed by atoms with Crippen LogP contribution in [0.2, 0.25) is 0 Å². The number of quaternary nitrogens is 2. The summed E-state index contributed by atoms with van der Waals surface area (Å²) in [5, 5.41) is 26.2. The van der Waals surface area contributed by atoms with Gasteiger partial charge < -0.3 is 10.2 Å². The minimum absolute atomic E-state index is 0.141. The smallest absolute Gasteiger partial charge is 0.141 e. The van der Waals surface area contributed by atoms with E-state index in [0.29, 0.717) is 10.9 Å². The average Bonchev–Trinajstić information content (AvgIpc) is 3.45. The van der Waals surface area contributed by atoms with Gasteiger partial charge in [-0.05, 0) is 89.1 Å². The van der Waals surface area contributed by atoms with Crippen molar-refractivity contribution in [3.63, 3.8) is 0 Å². The van der Waals surface area contributed by atoms with Crippen LogP contribution in [0.4, 0.5) is 11.4 Å². The van der Waals surface area contributed by atoms with Crippen LogP contribution in [0.5, 0.6) is 0 Å². The first-order valence-corrected chi connectivity index (χ1v) is 19.4. The van der Waals surface area contributed by atoms with E-state index in [4.69, 9.17) is 30.2 Å². The Kier molecular flexibility index (Phi) is 11.2. The highest BCUT2D eigenvalue weighted by molar-refractivity contribution is 6.32. The Bertz CT molecular complexity index is 2090. The summed E-state index contributed by atoms with van der Waals surface area (Å²) in [6, 6.07) is 26.4. The van der Waals surface area contributed by atoms with Crippen molar-refractivity contribution in [3.05, 3.63) is 130 Å². The third-order valence-electron chi connectivity index (χ3n) is 11.3. The number of likely N-dealkylation sites (N-methyl/N-ethyl adjacent to an activating group) is 2. The third kappa shape index (κ3) is 7.39. The molecule has 274 valence electrons. The van der Waals surface area contributed by atoms with E-state index >= 15 is 0 Å². The Morgan fingerprint density at radius 1 is 0.769 bits per heavy atom. The number of hydrogen-bond donors (Lipinski definition) is 3. The molecule has 3 atom stereocenters. The standard InChI is InChI=1S/C42H47ClN2O2.ClHO4/c1-44(2)36(34(24-26-46)40-32-14-7-5-10-28(32)16-22-38(40)44)20-18-30-12-9-13-31(42(30)43)19-21-37-35(25-27-47)41-33-15-8-6-11-29(33)17-23-39(41)45(37,3)4;2-1(3,4)5/h5-8,10-11,14-23,34-36,46-47H,9,12-13,24-27H2,1-4H3;(H,2,3,4,5)/q+2;. The normalized spacial score (nSPS) is 23.8. The molecule has 4 aromatic carbocycles. The second kappa shape index (κ2) is 15.2. The summed E-state index contributed by atoms with van der Waals surface area (Å²) in [6.45, 7) is 0.304. The molecule has 0 saturated carbocycles. The van der Waals surface area contributed by atoms with Crippen LogP contribution in [-0.4, -0.2) is 62.3 Å². The van der Waals surface area contributed by atoms with E-state index in [-0.39, 0.29) is 31.1 Å². The van der Waals surface area contributed by atoms with E-state index in [1.165, 1.54) is 60.9 Å². The zero-order valence-corrected chi connectivity index (χ0v) is 31.6. The van der Waals surface area contributed by atoms with Crippen molar-refractivity contribution >= 4 is 44.5 Å². The molecule has 1 aliphatic carbocycles. The maximum atomic E-state index is 10.2. The van der Waals surface area contributed by atoms with E-state index in [1.54, 1.807) is 0 Å². The van der Waals surface area contributed by atoms with Crippen molar-refractivity contribution in [2.75, 3.05) is 41.4 Å². The molecule has 3 unspecified atom stereocenters. The van der Waals surface area contributed by atoms with Gasteiger partial charge in [0, 0.05) is 47.4 Å². The van der Waals surface area contributed by atoms with Gasteiger partial charge in [-0.25, -0.2) is 0 Å². The lowest BCUT2D eigenvalue weighted by Crippen LogP contribution is -2.58. The number of benzene rings is 4. The van der Waals surface area contributed by atoms with E-state index < -0.39 is 10.2 Å². The topological polar surface area (TPSA) is 130 Å². The summed E-state index contributed by atoms with van der Waals surface area (Å²) in [5.41, 5.74) is 8.98. The molecule has 0 radical (unpaired) electrons. The Morgan fingerprint density at radius 3 is 1.96 bits per heavy atom. The number of rotatable bonds is 7. The number of hydrogen-bond acceptors (Lipinski definition) is 6. The minimum atomic E-state index is -4.69. The highest BCUT2D eigenvalue weighted by atomic mass is 35.7. The van der Waals surface area contributed by atoms with Crippen LogP contribution >= 0.6 is 11.6 Å². The van der Waals surface area contributed by atoms with Crippen LogP contribution in [0.25, 0.3) is 21.5 Å². The minimum Gasteiger partial charge on any atom is -0.396 e. The summed E-state index contributed by atoms with van der Waals surface area (Å²) in [6.07, 6.45) is 13.6. The summed E-state index contributed by atoms with van der Waals surface area (Å²) in [7, 11) is 4.40. The van der Waals surface area contributed by atoms with Crippen molar-refractivity contribution in [1.29, 1.82) is 0 Å². The van der Waals surface area contributed by atoms with Crippen molar-refractivity contribution in [2.45, 2.75) is 50.0 Å². The molecule has 0 aromatic heterocycles. The predicted octanol–water partition coefficient (Wildman–Crippen LogP) is 5.07. The van der Waals surface area contributed by atoms with Gasteiger partial charge in [0.15, 0.2) is 0 Å². The largest absolute Gasteiger partial charge is 0.396 e. The maximum absolute atomic E-state index is 10.2. The van der Waals surface area contributed by atoms with Gasteiger partial charge in [-0.1, -0.05) is 72.3 Å². The number of aliphatic hydroxyl groups excluding tert-OH is 2. The van der Waals surface area contributed by atoms with Crippen LogP contribution in [-0.2, 0) is 0 Å². The molecule has 3 N–H and O–H groups in total. The number of halogens is 2. The lowest BCUT2D eigenvalue weighted by atomic mass is 9.87. The quantitative estimate of drug-likeness (QED) is 0.227. The summed E-state index contributed by atoms with van der Waals surface area (Å²) < 4.78 is 34.1. The third-order valence-corrected chi connectivity index (χ3v) is 11.7. The second-order valence-corrected chi connectivity index (χ2v) is 16.0. The van der Waals surface area contributed by atoms with Gasteiger partial charge >= 0.3 is 0 Å². The highest BCUT2D eigenvalue weighted by Crippen LogP contribution is 2.52. The fourth-order valence-corrected chi connectivity index (χ4v) is 9.22. The molecule has 3 aliphatic rings. The molecule has 0 bridgehead atoms. The first-order chi connectivity index (χ1) is 24.7. The van der Waals surface area contributed by atoms with Crippen LogP contribution in [0.3, 0.4) is 0 Å². The Labute approximate surface area is 313 Å². The number of aliphatic hydroxyl groups is 2. The first kappa shape index (κ1) is 38.3. The highest BCUT2D eigenvalue weighted by Gasteiger charge is 2.47. The van der Waals surface area contributed by atoms with Crippen molar-refractivity contribution in [2.24, 2.45) is 0 Å². The Morgan fingerprint density at radius 2 is 1.35 bits per heavy atom. The van der Waals surface area contributed by atoms with Gasteiger partial charge in [0.2, 0.25) is 0 Å². The summed E-state index contributed by atoms with van der Waals surface area (Å²) in [5.74, 6) is 0.362. The molecule has 2 heterocycles. The number of nitrogens with zero attached hydrogens (tertiary/aromatic N) is 2. The molecule has 8 nitrogen and oxygen atoms in total. The molecular formula is C42H48Cl2N2O6+2. The predicted molar refractivity (Wildman–Crippen MR) is 202 cm³/mol. The maximum Gasteiger partial charge on any atom is 0.141 e. The molecule has 0 amide bonds. The van der Waals surface area contributed by atoms with E-state index in [2.05, 4.69) is 125 Å². The fourth-order valence-electron chi connectivity index (χ4n) is 8.91. The zero-order chi connectivity index (χ0) is 37.4. The van der Waals surface area contributed by atoms with Crippen molar-refractivity contribution in [3.8, 4) is 0 Å². The zero-order valence-electron chi connectivity index (χ0n) is 30.1. The molecule has 2 aliphatic heterocycles. The van der Waals surface area contributed by atoms with Crippen LogP contribution in [0.15, 0.2) is 119 Å². The van der Waals surface area contributed by atoms with E-state index in [9.17, 15) is 10.2 Å². The monoisotopic (exact) mass is 746 g/mol. The molecule has 0 saturated heterocycles. The Hall–Kier alpha value is -3.38. The van der Waals surface area contributed by atoms with E-state index in [0.717, 1.165) is 35.2 Å². The van der Waals surface area contributed by atoms with Gasteiger partial charge in [-0.3, -0.25) is 8.97 Å². The molecular weight excluding hydrogens is 699 g/mol. The van der Waals surface area contributed by atoms with Gasteiger partial charge in [0.25, 0.3) is 0 Å². The van der Waals surface area contributed by atoms with Gasteiger partial charge in [-0.15, -0.1) is 0 Å². The SMILES string of the molecule is C[N+]1(C)C(=CC=C2CCCC(C=CC3C(CCO)c4c(ccc5ccccc45)[N+]3(C)C)=C2Cl)C(CCO)c2c1ccc1ccccc21.[O-][Cl+3]([O-])([O-])O. The van der Waals surface area contributed by atoms with Crippen LogP contribution in [0, 0.1) is 10.2 Å². The lowest BCUT2D eigenvalue weighted by Gasteiger charge is -2.32. The average molecular weight is 748 g/mol. The molecule has 10 heteroatoms. The number of fused-ring (bicyclic) bond motifs is 6. The van der Waals surface area contributed by atoms with Crippen molar-refractivity contribution in [1.82, 2.24) is 8.97 Å². The molecule has 0 fully saturated rings. The second-order valence-electron chi connectivity index (χ2n) is 14.8. The van der Waals surface area contributed by atoms with Gasteiger partial charge in [0.1, 0.15) is 23.1 Å². The van der Waals surface area contributed by atoms with Crippen LogP contribution < -0.4 is 22.9 Å². The first-order valence-electron chi connectivity index (χ1n) is 17.7. The fraction of sp³-hybridized carbons (Fsp3) is 0.333. The molecule has 0 spiro atoms. The summed E-state index contributed by atoms with van der Waals surface area (Å²) >= 11 is 7.23. The Balaban J connectivity index is 0.000000870. The molecule has 7 rings (SSSR count). The lowest BCUT2D eigenvalue weighted by molar-refractivity contribution is -1.92. The van der Waals surface area contributed by atoms with Crippen molar-refractivity contribution < 1.29 is 39.1 Å². The number of allylic oxidation sites excluding steroid dienone is 7. The van der Waals surface area contributed by atoms with Gasteiger partial charge in [-0.2, -0.15) is 14.0 Å². The van der Waals surface area contributed by atoms with Crippen LogP contribution in [0.1, 0.15) is 55.1 Å².